The zero-order valence-electron chi connectivity index (χ0n) is 9.94. The predicted molar refractivity (Wildman–Crippen MR) is 79.9 cm³/mol. The lowest BCUT2D eigenvalue weighted by atomic mass is 10.2. The van der Waals surface area contributed by atoms with Crippen LogP contribution < -0.4 is 0 Å². The molecule has 0 amide bonds. The lowest BCUT2D eigenvalue weighted by molar-refractivity contribution is -0.384. The highest BCUT2D eigenvalue weighted by molar-refractivity contribution is 8.15. The summed E-state index contributed by atoms with van der Waals surface area (Å²) < 4.78 is 4.01. The molecule has 0 aliphatic rings. The van der Waals surface area contributed by atoms with Crippen molar-refractivity contribution in [3.8, 4) is 0 Å². The normalized spacial score (nSPS) is 15.2. The van der Waals surface area contributed by atoms with Crippen LogP contribution in [0.2, 0.25) is 0 Å². The third kappa shape index (κ3) is 5.73. The summed E-state index contributed by atoms with van der Waals surface area (Å²) in [5, 5.41) is 11.3. The monoisotopic (exact) mass is 304 g/mol. The van der Waals surface area contributed by atoms with Crippen molar-refractivity contribution in [2.24, 2.45) is 4.76 Å². The zero-order chi connectivity index (χ0) is 13.8. The van der Waals surface area contributed by atoms with Crippen LogP contribution in [-0.4, -0.2) is 21.5 Å². The molecule has 0 saturated heterocycles. The molecule has 0 aliphatic carbocycles. The van der Waals surface area contributed by atoms with Gasteiger partial charge >= 0.3 is 0 Å². The van der Waals surface area contributed by atoms with Crippen LogP contribution in [0.5, 0.6) is 0 Å². The first-order valence-electron chi connectivity index (χ1n) is 5.01. The van der Waals surface area contributed by atoms with Crippen LogP contribution in [-0.2, 0) is 17.6 Å². The van der Waals surface area contributed by atoms with Crippen LogP contribution in [0.4, 0.5) is 5.69 Å². The Labute approximate surface area is 115 Å². The van der Waals surface area contributed by atoms with E-state index in [0.29, 0.717) is 10.8 Å². The molecule has 1 aromatic carbocycles. The molecule has 1 unspecified atom stereocenters. The molecule has 1 N–H and O–H groups in total. The maximum Gasteiger partial charge on any atom is 0.269 e. The van der Waals surface area contributed by atoms with Gasteiger partial charge in [0.1, 0.15) is 0 Å². The lowest BCUT2D eigenvalue weighted by Gasteiger charge is -2.05. The minimum atomic E-state index is -2.58. The number of hydrogen-bond acceptors (Lipinski definition) is 4. The van der Waals surface area contributed by atoms with E-state index in [2.05, 4.69) is 4.76 Å². The van der Waals surface area contributed by atoms with Gasteiger partial charge in [0.2, 0.25) is 0 Å². The standard InChI is InChI=1S/C10H13N2O3PS2/c1-8(11-16(2,15)17)18-7-9-4-3-5-10(6-9)12(13)14/h3-6H,7H2,1-2H3,(H,15,17). The molecule has 0 heterocycles. The fourth-order valence-electron chi connectivity index (χ4n) is 1.24. The Morgan fingerprint density at radius 1 is 1.67 bits per heavy atom. The van der Waals surface area contributed by atoms with Crippen molar-refractivity contribution in [1.82, 2.24) is 0 Å². The molecule has 0 bridgehead atoms. The molecule has 0 aliphatic heterocycles. The number of nitrogens with zero attached hydrogens (tertiary/aromatic N) is 2. The quantitative estimate of drug-likeness (QED) is 0.304. The molecule has 0 radical (unpaired) electrons. The van der Waals surface area contributed by atoms with Crippen molar-refractivity contribution in [2.75, 3.05) is 6.66 Å². The van der Waals surface area contributed by atoms with E-state index in [1.54, 1.807) is 13.0 Å². The Morgan fingerprint density at radius 2 is 2.33 bits per heavy atom. The van der Waals surface area contributed by atoms with Gasteiger partial charge in [-0.25, -0.2) is 4.76 Å². The summed E-state index contributed by atoms with van der Waals surface area (Å²) >= 11 is 6.23. The van der Waals surface area contributed by atoms with Crippen molar-refractivity contribution in [1.29, 1.82) is 0 Å². The summed E-state index contributed by atoms with van der Waals surface area (Å²) in [5.41, 5.74) is 0.913. The van der Waals surface area contributed by atoms with Crippen LogP contribution in [0, 0.1) is 10.1 Å². The van der Waals surface area contributed by atoms with Gasteiger partial charge in [-0.15, -0.1) is 11.8 Å². The fraction of sp³-hybridized carbons (Fsp3) is 0.300. The van der Waals surface area contributed by atoms with Crippen molar-refractivity contribution in [3.05, 3.63) is 39.9 Å². The molecule has 0 spiro atoms. The summed E-state index contributed by atoms with van der Waals surface area (Å²) in [6, 6.07) is 6.45. The third-order valence-corrected chi connectivity index (χ3v) is 3.93. The van der Waals surface area contributed by atoms with Crippen molar-refractivity contribution in [3.63, 3.8) is 0 Å². The smallest absolute Gasteiger partial charge is 0.269 e. The maximum atomic E-state index is 10.6. The maximum absolute atomic E-state index is 10.6. The molecule has 0 aromatic heterocycles. The molecule has 98 valence electrons. The lowest BCUT2D eigenvalue weighted by Crippen LogP contribution is -1.91. The molecular weight excluding hydrogens is 291 g/mol. The Kier molecular flexibility index (Phi) is 5.47. The summed E-state index contributed by atoms with van der Waals surface area (Å²) in [7, 11) is 0. The van der Waals surface area contributed by atoms with Crippen LogP contribution in [0.3, 0.4) is 0 Å². The second-order valence-electron chi connectivity index (χ2n) is 3.67. The Bertz CT molecular complexity index is 528. The van der Waals surface area contributed by atoms with Gasteiger partial charge in [-0.05, 0) is 24.3 Å². The number of nitro benzene ring substituents is 1. The predicted octanol–water partition coefficient (Wildman–Crippen LogP) is 3.18. The third-order valence-electron chi connectivity index (χ3n) is 1.90. The highest BCUT2D eigenvalue weighted by atomic mass is 32.4. The largest absolute Gasteiger partial charge is 0.349 e. The highest BCUT2D eigenvalue weighted by Crippen LogP contribution is 2.39. The minimum Gasteiger partial charge on any atom is -0.349 e. The summed E-state index contributed by atoms with van der Waals surface area (Å²) in [6.45, 7) is 3.29. The van der Waals surface area contributed by atoms with E-state index in [-0.39, 0.29) is 5.69 Å². The molecule has 5 nitrogen and oxygen atoms in total. The topological polar surface area (TPSA) is 75.7 Å². The first-order chi connectivity index (χ1) is 8.28. The molecule has 1 atom stereocenters. The number of non-ortho nitro benzene ring substituents is 1. The molecule has 8 heteroatoms. The number of thioether (sulfide) groups is 1. The summed E-state index contributed by atoms with van der Waals surface area (Å²) in [4.78, 5) is 19.6. The van der Waals surface area contributed by atoms with E-state index < -0.39 is 11.3 Å². The van der Waals surface area contributed by atoms with Gasteiger partial charge in [-0.2, -0.15) is 0 Å². The van der Waals surface area contributed by atoms with Crippen LogP contribution in [0.25, 0.3) is 0 Å². The highest BCUT2D eigenvalue weighted by Gasteiger charge is 2.07. The number of nitro groups is 1. The van der Waals surface area contributed by atoms with Gasteiger partial charge < -0.3 is 4.89 Å². The first kappa shape index (κ1) is 15.3. The van der Waals surface area contributed by atoms with E-state index in [4.69, 9.17) is 11.8 Å². The summed E-state index contributed by atoms with van der Waals surface area (Å²) in [5.74, 6) is 0.562. The van der Waals surface area contributed by atoms with Gasteiger partial charge in [0.05, 0.1) is 9.97 Å². The van der Waals surface area contributed by atoms with Gasteiger partial charge in [-0.1, -0.05) is 12.1 Å². The number of benzene rings is 1. The van der Waals surface area contributed by atoms with E-state index >= 15 is 0 Å². The average molecular weight is 304 g/mol. The Morgan fingerprint density at radius 3 is 2.89 bits per heavy atom. The molecule has 1 rings (SSSR count). The second-order valence-corrected chi connectivity index (χ2v) is 8.78. The van der Waals surface area contributed by atoms with Gasteiger partial charge in [0, 0.05) is 24.6 Å². The molecule has 18 heavy (non-hydrogen) atoms. The van der Waals surface area contributed by atoms with Crippen molar-refractivity contribution in [2.45, 2.75) is 12.7 Å². The van der Waals surface area contributed by atoms with Crippen molar-refractivity contribution < 1.29 is 9.82 Å². The Balaban J connectivity index is 2.70. The van der Waals surface area contributed by atoms with E-state index in [1.165, 1.54) is 30.6 Å². The van der Waals surface area contributed by atoms with E-state index in [1.807, 2.05) is 6.07 Å². The molecule has 1 aromatic rings. The van der Waals surface area contributed by atoms with Crippen molar-refractivity contribution >= 4 is 40.7 Å². The first-order valence-corrected chi connectivity index (χ1v) is 9.15. The van der Waals surface area contributed by atoms with Crippen LogP contribution in [0.1, 0.15) is 12.5 Å². The average Bonchev–Trinajstić information content (AvgIpc) is 2.24. The Hall–Kier alpha value is -0.750. The fourth-order valence-corrected chi connectivity index (χ4v) is 3.55. The van der Waals surface area contributed by atoms with E-state index in [0.717, 1.165) is 5.56 Å². The number of rotatable bonds is 4. The summed E-state index contributed by atoms with van der Waals surface area (Å²) in [6.07, 6.45) is -2.58. The van der Waals surface area contributed by atoms with Gasteiger partial charge in [0.15, 0.2) is 6.42 Å². The molecule has 0 fully saturated rings. The second kappa shape index (κ2) is 6.43. The number of hydrogen-bond donors (Lipinski definition) is 1. The van der Waals surface area contributed by atoms with E-state index in [9.17, 15) is 15.0 Å². The van der Waals surface area contributed by atoms with Crippen LogP contribution >= 0.6 is 18.2 Å². The van der Waals surface area contributed by atoms with Gasteiger partial charge in [-0.3, -0.25) is 10.1 Å². The molecule has 0 saturated carbocycles. The minimum absolute atomic E-state index is 0.0745. The molecular formula is C10H13N2O3PS2. The van der Waals surface area contributed by atoms with Gasteiger partial charge in [0.25, 0.3) is 5.69 Å². The zero-order valence-corrected chi connectivity index (χ0v) is 12.5. The SMILES string of the molecule is CC(=NP(C)(O)=S)SCc1cccc([N+](=O)[O-])c1. The van der Waals surface area contributed by atoms with Crippen LogP contribution in [0.15, 0.2) is 29.0 Å².